The number of rotatable bonds is 5. The van der Waals surface area contributed by atoms with Crippen molar-refractivity contribution in [2.75, 3.05) is 18.8 Å². The number of benzene rings is 2. The van der Waals surface area contributed by atoms with E-state index in [-0.39, 0.29) is 29.6 Å². The molecule has 0 bridgehead atoms. The summed E-state index contributed by atoms with van der Waals surface area (Å²) in [5.74, 6) is 0.379. The molecule has 0 radical (unpaired) electrons. The Hall–Kier alpha value is -3.59. The first-order chi connectivity index (χ1) is 17.0. The van der Waals surface area contributed by atoms with Gasteiger partial charge in [-0.25, -0.2) is 4.98 Å². The van der Waals surface area contributed by atoms with Crippen molar-refractivity contribution in [3.8, 4) is 16.9 Å². The van der Waals surface area contributed by atoms with E-state index in [1.165, 1.54) is 6.07 Å². The van der Waals surface area contributed by atoms with E-state index in [0.29, 0.717) is 29.8 Å². The maximum Gasteiger partial charge on any atom is 0.416 e. The smallest absolute Gasteiger partial charge is 0.416 e. The first kappa shape index (κ1) is 25.5. The molecule has 6 nitrogen and oxygen atoms in total. The zero-order valence-corrected chi connectivity index (χ0v) is 20.3. The topological polar surface area (TPSA) is 80.5 Å². The third-order valence-corrected chi connectivity index (χ3v) is 6.18. The van der Waals surface area contributed by atoms with Crippen LogP contribution in [0.2, 0.25) is 0 Å². The van der Waals surface area contributed by atoms with E-state index in [9.17, 15) is 18.0 Å². The standard InChI is InChI=1S/C27H29F3N4O2/c1-16-14-34(15-17(2)33-16)26(35)20-9-7-19(8-10-20)22-12-24(25(31)32-13-22)36-18(3)21-5-4-6-23(11-21)27(28,29)30/h4-13,16-18,33H,14-15H2,1-3H3,(H2,31,32)/t16-,17+,18?. The molecule has 1 aromatic heterocycles. The maximum atomic E-state index is 13.1. The minimum atomic E-state index is -4.44. The average Bonchev–Trinajstić information content (AvgIpc) is 2.84. The van der Waals surface area contributed by atoms with E-state index in [0.717, 1.165) is 17.7 Å². The van der Waals surface area contributed by atoms with Crippen LogP contribution in [-0.4, -0.2) is 41.0 Å². The number of piperazine rings is 1. The minimum Gasteiger partial charge on any atom is -0.482 e. The number of anilines is 1. The largest absolute Gasteiger partial charge is 0.482 e. The molecule has 2 aromatic carbocycles. The van der Waals surface area contributed by atoms with Crippen molar-refractivity contribution < 1.29 is 22.7 Å². The highest BCUT2D eigenvalue weighted by Gasteiger charge is 2.31. The lowest BCUT2D eigenvalue weighted by Crippen LogP contribution is -2.55. The fraction of sp³-hybridized carbons (Fsp3) is 0.333. The molecule has 1 saturated heterocycles. The number of halogens is 3. The molecule has 0 aliphatic carbocycles. The quantitative estimate of drug-likeness (QED) is 0.498. The van der Waals surface area contributed by atoms with Gasteiger partial charge in [-0.1, -0.05) is 24.3 Å². The number of ether oxygens (including phenoxy) is 1. The second kappa shape index (κ2) is 10.2. The number of hydrogen-bond donors (Lipinski definition) is 2. The second-order valence-electron chi connectivity index (χ2n) is 9.25. The molecule has 1 fully saturated rings. The number of hydrogen-bond acceptors (Lipinski definition) is 5. The summed E-state index contributed by atoms with van der Waals surface area (Å²) in [7, 11) is 0. The van der Waals surface area contributed by atoms with Crippen LogP contribution in [0.25, 0.3) is 11.1 Å². The number of nitrogens with two attached hydrogens (primary N) is 1. The van der Waals surface area contributed by atoms with Gasteiger partial charge in [-0.2, -0.15) is 13.2 Å². The lowest BCUT2D eigenvalue weighted by atomic mass is 10.0. The van der Waals surface area contributed by atoms with Crippen LogP contribution in [0.5, 0.6) is 5.75 Å². The van der Waals surface area contributed by atoms with Crippen molar-refractivity contribution in [3.05, 3.63) is 77.5 Å². The zero-order chi connectivity index (χ0) is 26.0. The number of nitrogen functional groups attached to an aromatic ring is 1. The number of aromatic nitrogens is 1. The molecule has 3 atom stereocenters. The molecule has 9 heteroatoms. The van der Waals surface area contributed by atoms with Crippen molar-refractivity contribution in [3.63, 3.8) is 0 Å². The molecule has 3 aromatic rings. The third-order valence-electron chi connectivity index (χ3n) is 6.18. The Kier molecular flexibility index (Phi) is 7.21. The van der Waals surface area contributed by atoms with E-state index in [1.54, 1.807) is 37.4 Å². The van der Waals surface area contributed by atoms with E-state index in [1.807, 2.05) is 17.0 Å². The molecule has 2 heterocycles. The lowest BCUT2D eigenvalue weighted by Gasteiger charge is -2.36. The number of nitrogens with one attached hydrogen (secondary N) is 1. The van der Waals surface area contributed by atoms with Gasteiger partial charge in [-0.05, 0) is 62.2 Å². The first-order valence-electron chi connectivity index (χ1n) is 11.8. The Bertz CT molecular complexity index is 1220. The molecule has 0 saturated carbocycles. The third kappa shape index (κ3) is 5.79. The molecule has 190 valence electrons. The predicted molar refractivity (Wildman–Crippen MR) is 133 cm³/mol. The summed E-state index contributed by atoms with van der Waals surface area (Å²) in [5.41, 5.74) is 7.73. The van der Waals surface area contributed by atoms with E-state index < -0.39 is 17.8 Å². The van der Waals surface area contributed by atoms with Crippen molar-refractivity contribution >= 4 is 11.7 Å². The van der Waals surface area contributed by atoms with Crippen molar-refractivity contribution in [2.24, 2.45) is 0 Å². The highest BCUT2D eigenvalue weighted by molar-refractivity contribution is 5.95. The molecular formula is C27H29F3N4O2. The lowest BCUT2D eigenvalue weighted by molar-refractivity contribution is -0.137. The van der Waals surface area contributed by atoms with E-state index >= 15 is 0 Å². The van der Waals surface area contributed by atoms with Crippen molar-refractivity contribution in [2.45, 2.75) is 45.1 Å². The van der Waals surface area contributed by atoms with Gasteiger partial charge in [0.15, 0.2) is 11.6 Å². The van der Waals surface area contributed by atoms with E-state index in [2.05, 4.69) is 24.1 Å². The monoisotopic (exact) mass is 498 g/mol. The van der Waals surface area contributed by atoms with Gasteiger partial charge in [-0.3, -0.25) is 4.79 Å². The van der Waals surface area contributed by atoms with Gasteiger partial charge < -0.3 is 20.7 Å². The highest BCUT2D eigenvalue weighted by Crippen LogP contribution is 2.34. The van der Waals surface area contributed by atoms with Gasteiger partial charge in [0.05, 0.1) is 5.56 Å². The fourth-order valence-corrected chi connectivity index (χ4v) is 4.41. The number of pyridine rings is 1. The molecule has 3 N–H and O–H groups in total. The van der Waals surface area contributed by atoms with Crippen LogP contribution in [-0.2, 0) is 6.18 Å². The van der Waals surface area contributed by atoms with Gasteiger partial charge in [-0.15, -0.1) is 0 Å². The molecule has 1 aliphatic rings. The summed E-state index contributed by atoms with van der Waals surface area (Å²) in [6.07, 6.45) is -3.53. The summed E-state index contributed by atoms with van der Waals surface area (Å²) in [5, 5.41) is 3.42. The normalized spacial score (nSPS) is 19.1. The predicted octanol–water partition coefficient (Wildman–Crippen LogP) is 5.31. The number of nitrogens with zero attached hydrogens (tertiary/aromatic N) is 2. The Morgan fingerprint density at radius 3 is 2.39 bits per heavy atom. The number of alkyl halides is 3. The molecule has 1 amide bonds. The van der Waals surface area contributed by atoms with Gasteiger partial charge in [0, 0.05) is 42.5 Å². The van der Waals surface area contributed by atoms with Gasteiger partial charge in [0.1, 0.15) is 6.10 Å². The Balaban J connectivity index is 1.51. The van der Waals surface area contributed by atoms with Crippen molar-refractivity contribution in [1.82, 2.24) is 15.2 Å². The molecular weight excluding hydrogens is 469 g/mol. The van der Waals surface area contributed by atoms with Gasteiger partial charge in [0.2, 0.25) is 0 Å². The van der Waals surface area contributed by atoms with Crippen LogP contribution < -0.4 is 15.8 Å². The van der Waals surface area contributed by atoms with Gasteiger partial charge in [0.25, 0.3) is 5.91 Å². The number of carbonyl (C=O) groups excluding carboxylic acids is 1. The van der Waals surface area contributed by atoms with Crippen LogP contribution in [0.4, 0.5) is 19.0 Å². The van der Waals surface area contributed by atoms with Crippen LogP contribution in [0.1, 0.15) is 48.4 Å². The highest BCUT2D eigenvalue weighted by atomic mass is 19.4. The summed E-state index contributed by atoms with van der Waals surface area (Å²) < 4.78 is 45.2. The van der Waals surface area contributed by atoms with Crippen LogP contribution in [0, 0.1) is 0 Å². The summed E-state index contributed by atoms with van der Waals surface area (Å²) in [6.45, 7) is 7.07. The average molecular weight is 499 g/mol. The second-order valence-corrected chi connectivity index (χ2v) is 9.25. The summed E-state index contributed by atoms with van der Waals surface area (Å²) >= 11 is 0. The van der Waals surface area contributed by atoms with Gasteiger partial charge >= 0.3 is 6.18 Å². The first-order valence-corrected chi connectivity index (χ1v) is 11.8. The minimum absolute atomic E-state index is 0.0175. The SMILES string of the molecule is CC(Oc1cc(-c2ccc(C(=O)N3C[C@@H](C)N[C@@H](C)C3)cc2)cnc1N)c1cccc(C(F)(F)F)c1. The molecule has 0 spiro atoms. The fourth-order valence-electron chi connectivity index (χ4n) is 4.41. The Labute approximate surface area is 208 Å². The maximum absolute atomic E-state index is 13.1. The Morgan fingerprint density at radius 2 is 1.75 bits per heavy atom. The molecule has 1 unspecified atom stereocenters. The van der Waals surface area contributed by atoms with Crippen LogP contribution >= 0.6 is 0 Å². The van der Waals surface area contributed by atoms with Crippen molar-refractivity contribution in [1.29, 1.82) is 0 Å². The van der Waals surface area contributed by atoms with Crippen LogP contribution in [0.15, 0.2) is 60.8 Å². The number of carbonyl (C=O) groups is 1. The van der Waals surface area contributed by atoms with Crippen LogP contribution in [0.3, 0.4) is 0 Å². The van der Waals surface area contributed by atoms with E-state index in [4.69, 9.17) is 10.5 Å². The molecule has 4 rings (SSSR count). The summed E-state index contributed by atoms with van der Waals surface area (Å²) in [4.78, 5) is 19.0. The zero-order valence-electron chi connectivity index (χ0n) is 20.3. The number of amides is 1. The Morgan fingerprint density at radius 1 is 1.08 bits per heavy atom. The molecule has 36 heavy (non-hydrogen) atoms. The molecule has 1 aliphatic heterocycles. The summed E-state index contributed by atoms with van der Waals surface area (Å²) in [6, 6.07) is 14.4.